The molecule has 0 radical (unpaired) electrons. The molecule has 14 heavy (non-hydrogen) atoms. The maximum absolute atomic E-state index is 10.4. The summed E-state index contributed by atoms with van der Waals surface area (Å²) in [6.45, 7) is 1.99. The van der Waals surface area contributed by atoms with Gasteiger partial charge in [-0.25, -0.2) is 0 Å². The molecule has 0 aliphatic rings. The van der Waals surface area contributed by atoms with Crippen molar-refractivity contribution in [1.82, 2.24) is 0 Å². The lowest BCUT2D eigenvalue weighted by Crippen LogP contribution is -1.99. The van der Waals surface area contributed by atoms with E-state index < -0.39 is 5.97 Å². The molecule has 0 heterocycles. The molecule has 0 aliphatic carbocycles. The monoisotopic (exact) mass is 188 g/mol. The molecule has 0 fully saturated rings. The van der Waals surface area contributed by atoms with Gasteiger partial charge in [0.15, 0.2) is 0 Å². The van der Waals surface area contributed by atoms with Crippen molar-refractivity contribution < 1.29 is 9.90 Å². The van der Waals surface area contributed by atoms with E-state index in [2.05, 4.69) is 11.8 Å². The molecular weight excluding hydrogens is 176 g/mol. The van der Waals surface area contributed by atoms with Gasteiger partial charge in [0, 0.05) is 12.0 Å². The Morgan fingerprint density at radius 1 is 1.36 bits per heavy atom. The number of rotatable bonds is 2. The molecule has 0 unspecified atom stereocenters. The molecule has 72 valence electrons. The van der Waals surface area contributed by atoms with Crippen LogP contribution in [0.1, 0.15) is 24.5 Å². The quantitative estimate of drug-likeness (QED) is 0.721. The van der Waals surface area contributed by atoms with Gasteiger partial charge in [-0.1, -0.05) is 30.9 Å². The van der Waals surface area contributed by atoms with E-state index in [1.165, 1.54) is 0 Å². The third-order valence-electron chi connectivity index (χ3n) is 1.72. The van der Waals surface area contributed by atoms with E-state index in [4.69, 9.17) is 5.11 Å². The Bertz CT molecular complexity index is 366. The van der Waals surface area contributed by atoms with Crippen molar-refractivity contribution >= 4 is 5.97 Å². The Kier molecular flexibility index (Phi) is 3.75. The van der Waals surface area contributed by atoms with Crippen LogP contribution in [0.4, 0.5) is 0 Å². The standard InChI is InChI=1S/C12H12O2/c1-2-3-4-10-5-7-11(8-6-10)9-12(13)14/h5-8H,2,9H2,1H3,(H,13,14). The lowest BCUT2D eigenvalue weighted by atomic mass is 10.1. The van der Waals surface area contributed by atoms with E-state index in [-0.39, 0.29) is 6.42 Å². The SMILES string of the molecule is CCC#Cc1ccc(CC(=O)O)cc1. The number of carboxylic acid groups (broad SMARTS) is 1. The summed E-state index contributed by atoms with van der Waals surface area (Å²) in [4.78, 5) is 10.4. The number of hydrogen-bond donors (Lipinski definition) is 1. The van der Waals surface area contributed by atoms with Crippen LogP contribution in [-0.4, -0.2) is 11.1 Å². The van der Waals surface area contributed by atoms with Crippen LogP contribution in [0.25, 0.3) is 0 Å². The van der Waals surface area contributed by atoms with Gasteiger partial charge in [0.05, 0.1) is 6.42 Å². The van der Waals surface area contributed by atoms with Crippen LogP contribution < -0.4 is 0 Å². The largest absolute Gasteiger partial charge is 0.481 e. The normalized spacial score (nSPS) is 8.93. The summed E-state index contributed by atoms with van der Waals surface area (Å²) in [5.41, 5.74) is 1.74. The molecule has 0 saturated carbocycles. The van der Waals surface area contributed by atoms with Gasteiger partial charge >= 0.3 is 5.97 Å². The minimum absolute atomic E-state index is 0.0709. The first kappa shape index (κ1) is 10.3. The third kappa shape index (κ3) is 3.32. The van der Waals surface area contributed by atoms with Crippen molar-refractivity contribution in [2.45, 2.75) is 19.8 Å². The highest BCUT2D eigenvalue weighted by atomic mass is 16.4. The van der Waals surface area contributed by atoms with Gasteiger partial charge in [0.2, 0.25) is 0 Å². The minimum atomic E-state index is -0.808. The van der Waals surface area contributed by atoms with E-state index in [0.717, 1.165) is 17.5 Å². The minimum Gasteiger partial charge on any atom is -0.481 e. The fourth-order valence-electron chi connectivity index (χ4n) is 1.07. The first-order valence-electron chi connectivity index (χ1n) is 4.52. The average Bonchev–Trinajstić information content (AvgIpc) is 2.16. The summed E-state index contributed by atoms with van der Waals surface area (Å²) < 4.78 is 0. The molecule has 2 nitrogen and oxygen atoms in total. The molecule has 2 heteroatoms. The topological polar surface area (TPSA) is 37.3 Å². The summed E-state index contributed by atoms with van der Waals surface area (Å²) in [5, 5.41) is 8.55. The smallest absolute Gasteiger partial charge is 0.307 e. The molecule has 0 saturated heterocycles. The zero-order chi connectivity index (χ0) is 10.4. The first-order chi connectivity index (χ1) is 6.72. The van der Waals surface area contributed by atoms with Gasteiger partial charge in [0.1, 0.15) is 0 Å². The Labute approximate surface area is 83.6 Å². The van der Waals surface area contributed by atoms with E-state index in [0.29, 0.717) is 0 Å². The second-order valence-electron chi connectivity index (χ2n) is 2.92. The highest BCUT2D eigenvalue weighted by Gasteiger charge is 1.98. The third-order valence-corrected chi connectivity index (χ3v) is 1.72. The summed E-state index contributed by atoms with van der Waals surface area (Å²) in [5.74, 6) is 5.13. The maximum atomic E-state index is 10.4. The molecule has 0 spiro atoms. The predicted octanol–water partition coefficient (Wildman–Crippen LogP) is 2.08. The van der Waals surface area contributed by atoms with Crippen LogP contribution in [0, 0.1) is 11.8 Å². The van der Waals surface area contributed by atoms with Crippen LogP contribution in [-0.2, 0) is 11.2 Å². The number of carbonyl (C=O) groups is 1. The van der Waals surface area contributed by atoms with Crippen molar-refractivity contribution in [3.05, 3.63) is 35.4 Å². The Balaban J connectivity index is 2.73. The van der Waals surface area contributed by atoms with Gasteiger partial charge in [-0.05, 0) is 17.7 Å². The number of aliphatic carboxylic acids is 1. The fourth-order valence-corrected chi connectivity index (χ4v) is 1.07. The van der Waals surface area contributed by atoms with Crippen LogP contribution in [0.3, 0.4) is 0 Å². The van der Waals surface area contributed by atoms with Crippen LogP contribution in [0.2, 0.25) is 0 Å². The molecule has 1 aromatic rings. The summed E-state index contributed by atoms with van der Waals surface area (Å²) in [7, 11) is 0. The molecule has 0 bridgehead atoms. The van der Waals surface area contributed by atoms with Crippen LogP contribution in [0.5, 0.6) is 0 Å². The molecule has 1 aromatic carbocycles. The summed E-state index contributed by atoms with van der Waals surface area (Å²) >= 11 is 0. The summed E-state index contributed by atoms with van der Waals surface area (Å²) in [6, 6.07) is 7.30. The van der Waals surface area contributed by atoms with Gasteiger partial charge in [-0.3, -0.25) is 4.79 Å². The zero-order valence-electron chi connectivity index (χ0n) is 8.08. The van der Waals surface area contributed by atoms with Gasteiger partial charge < -0.3 is 5.11 Å². The Morgan fingerprint density at radius 2 is 2.00 bits per heavy atom. The zero-order valence-corrected chi connectivity index (χ0v) is 8.08. The van der Waals surface area contributed by atoms with E-state index in [1.54, 1.807) is 12.1 Å². The van der Waals surface area contributed by atoms with Gasteiger partial charge in [0.25, 0.3) is 0 Å². The second kappa shape index (κ2) is 5.08. The van der Waals surface area contributed by atoms with E-state index in [9.17, 15) is 4.79 Å². The second-order valence-corrected chi connectivity index (χ2v) is 2.92. The Hall–Kier alpha value is -1.75. The molecule has 0 aliphatic heterocycles. The number of benzene rings is 1. The van der Waals surface area contributed by atoms with E-state index in [1.807, 2.05) is 19.1 Å². The predicted molar refractivity (Wildman–Crippen MR) is 55.0 cm³/mol. The van der Waals surface area contributed by atoms with Gasteiger partial charge in [-0.2, -0.15) is 0 Å². The lowest BCUT2D eigenvalue weighted by Gasteiger charge is -1.96. The molecular formula is C12H12O2. The molecule has 0 atom stereocenters. The molecule has 1 N–H and O–H groups in total. The van der Waals surface area contributed by atoms with Crippen LogP contribution in [0.15, 0.2) is 24.3 Å². The van der Waals surface area contributed by atoms with Crippen molar-refractivity contribution in [3.63, 3.8) is 0 Å². The first-order valence-corrected chi connectivity index (χ1v) is 4.52. The maximum Gasteiger partial charge on any atom is 0.307 e. The lowest BCUT2D eigenvalue weighted by molar-refractivity contribution is -0.136. The molecule has 0 aromatic heterocycles. The Morgan fingerprint density at radius 3 is 2.50 bits per heavy atom. The van der Waals surface area contributed by atoms with Crippen molar-refractivity contribution in [1.29, 1.82) is 0 Å². The van der Waals surface area contributed by atoms with E-state index >= 15 is 0 Å². The van der Waals surface area contributed by atoms with Crippen molar-refractivity contribution in [3.8, 4) is 11.8 Å². The molecule has 1 rings (SSSR count). The summed E-state index contributed by atoms with van der Waals surface area (Å²) in [6.07, 6.45) is 0.901. The van der Waals surface area contributed by atoms with Crippen molar-refractivity contribution in [2.75, 3.05) is 0 Å². The number of hydrogen-bond acceptors (Lipinski definition) is 1. The van der Waals surface area contributed by atoms with Gasteiger partial charge in [-0.15, -0.1) is 0 Å². The highest BCUT2D eigenvalue weighted by Crippen LogP contribution is 2.04. The highest BCUT2D eigenvalue weighted by molar-refractivity contribution is 5.70. The van der Waals surface area contributed by atoms with Crippen LogP contribution >= 0.6 is 0 Å². The molecule has 0 amide bonds. The number of carboxylic acids is 1. The average molecular weight is 188 g/mol. The fraction of sp³-hybridized carbons (Fsp3) is 0.250. The van der Waals surface area contributed by atoms with Crippen molar-refractivity contribution in [2.24, 2.45) is 0 Å².